The van der Waals surface area contributed by atoms with Crippen LogP contribution < -0.4 is 10.1 Å². The molecule has 0 aromatic heterocycles. The third-order valence-electron chi connectivity index (χ3n) is 4.48. The number of benzene rings is 2. The minimum Gasteiger partial charge on any atom is -0.481 e. The molecule has 0 bridgehead atoms. The molecule has 0 unspecified atom stereocenters. The van der Waals surface area contributed by atoms with Gasteiger partial charge in [-0.25, -0.2) is 0 Å². The lowest BCUT2D eigenvalue weighted by Gasteiger charge is -2.22. The first-order chi connectivity index (χ1) is 11.5. The van der Waals surface area contributed by atoms with Crippen molar-refractivity contribution in [3.05, 3.63) is 58.1 Å². The molecule has 0 spiro atoms. The highest BCUT2D eigenvalue weighted by atomic mass is 35.5. The number of anilines is 1. The first-order valence-electron chi connectivity index (χ1n) is 8.39. The van der Waals surface area contributed by atoms with Gasteiger partial charge in [-0.2, -0.15) is 0 Å². The molecule has 1 amide bonds. The lowest BCUT2D eigenvalue weighted by molar-refractivity contribution is -0.122. The van der Waals surface area contributed by atoms with Gasteiger partial charge in [-0.1, -0.05) is 29.8 Å². The van der Waals surface area contributed by atoms with Crippen LogP contribution in [-0.4, -0.2) is 12.0 Å². The number of rotatable bonds is 4. The van der Waals surface area contributed by atoms with E-state index in [1.54, 1.807) is 13.0 Å². The van der Waals surface area contributed by atoms with Crippen LogP contribution in [0.5, 0.6) is 5.75 Å². The van der Waals surface area contributed by atoms with Crippen LogP contribution in [0.2, 0.25) is 5.02 Å². The van der Waals surface area contributed by atoms with Crippen LogP contribution in [0.3, 0.4) is 0 Å². The summed E-state index contributed by atoms with van der Waals surface area (Å²) in [5.41, 5.74) is 4.29. The lowest BCUT2D eigenvalue weighted by atomic mass is 9.91. The molecule has 126 valence electrons. The second-order valence-corrected chi connectivity index (χ2v) is 6.75. The largest absolute Gasteiger partial charge is 0.481 e. The number of hydrogen-bond acceptors (Lipinski definition) is 2. The Balaban J connectivity index is 1.72. The Morgan fingerprint density at radius 1 is 1.21 bits per heavy atom. The maximum absolute atomic E-state index is 12.5. The number of ether oxygens (including phenoxy) is 1. The first kappa shape index (κ1) is 16.8. The van der Waals surface area contributed by atoms with E-state index in [0.717, 1.165) is 29.8 Å². The summed E-state index contributed by atoms with van der Waals surface area (Å²) in [5, 5.41) is 3.50. The summed E-state index contributed by atoms with van der Waals surface area (Å²) >= 11 is 6.01. The Hall–Kier alpha value is -2.00. The molecule has 0 saturated heterocycles. The van der Waals surface area contributed by atoms with Gasteiger partial charge in [-0.15, -0.1) is 0 Å². The van der Waals surface area contributed by atoms with Crippen LogP contribution in [0, 0.1) is 6.92 Å². The van der Waals surface area contributed by atoms with E-state index in [2.05, 4.69) is 11.4 Å². The van der Waals surface area contributed by atoms with Crippen molar-refractivity contribution in [3.63, 3.8) is 0 Å². The predicted octanol–water partition coefficient (Wildman–Crippen LogP) is 4.93. The molecule has 1 atom stereocenters. The standard InChI is InChI=1S/C20H22ClNO2/c1-13-10-11-16(21)12-18(13)22-20(23)14(2)24-19-9-5-7-15-6-3-4-8-17(15)19/h5,7,9-12,14H,3-4,6,8H2,1-2H3,(H,22,23)/t14-/m0/s1. The number of carbonyl (C=O) groups is 1. The molecule has 0 fully saturated rings. The highest BCUT2D eigenvalue weighted by Crippen LogP contribution is 2.30. The summed E-state index contributed by atoms with van der Waals surface area (Å²) in [6.07, 6.45) is 3.94. The van der Waals surface area contributed by atoms with Crippen molar-refractivity contribution in [2.75, 3.05) is 5.32 Å². The molecule has 24 heavy (non-hydrogen) atoms. The molecular weight excluding hydrogens is 322 g/mol. The number of nitrogens with one attached hydrogen (secondary N) is 1. The predicted molar refractivity (Wildman–Crippen MR) is 98.0 cm³/mol. The van der Waals surface area contributed by atoms with E-state index in [9.17, 15) is 4.79 Å². The van der Waals surface area contributed by atoms with E-state index in [1.165, 1.54) is 24.0 Å². The van der Waals surface area contributed by atoms with Crippen LogP contribution in [0.1, 0.15) is 36.5 Å². The van der Waals surface area contributed by atoms with Gasteiger partial charge in [0.1, 0.15) is 5.75 Å². The van der Waals surface area contributed by atoms with Gasteiger partial charge in [0.15, 0.2) is 6.10 Å². The van der Waals surface area contributed by atoms with Crippen LogP contribution in [0.15, 0.2) is 36.4 Å². The van der Waals surface area contributed by atoms with Crippen molar-refractivity contribution >= 4 is 23.2 Å². The van der Waals surface area contributed by atoms with Gasteiger partial charge in [0.2, 0.25) is 0 Å². The Morgan fingerprint density at radius 2 is 2.00 bits per heavy atom. The lowest BCUT2D eigenvalue weighted by Crippen LogP contribution is -2.30. The maximum Gasteiger partial charge on any atom is 0.265 e. The van der Waals surface area contributed by atoms with E-state index in [0.29, 0.717) is 5.02 Å². The average Bonchev–Trinajstić information content (AvgIpc) is 2.58. The number of carbonyl (C=O) groups excluding carboxylic acids is 1. The van der Waals surface area contributed by atoms with Crippen LogP contribution in [0.4, 0.5) is 5.69 Å². The monoisotopic (exact) mass is 343 g/mol. The third kappa shape index (κ3) is 3.73. The fourth-order valence-corrected chi connectivity index (χ4v) is 3.24. The Kier molecular flexibility index (Phi) is 5.10. The average molecular weight is 344 g/mol. The summed E-state index contributed by atoms with van der Waals surface area (Å²) < 4.78 is 5.97. The fourth-order valence-electron chi connectivity index (χ4n) is 3.06. The molecule has 3 rings (SSSR count). The quantitative estimate of drug-likeness (QED) is 0.854. The number of fused-ring (bicyclic) bond motifs is 1. The van der Waals surface area contributed by atoms with Crippen LogP contribution in [0.25, 0.3) is 0 Å². The second-order valence-electron chi connectivity index (χ2n) is 6.31. The summed E-state index contributed by atoms with van der Waals surface area (Å²) in [6.45, 7) is 3.71. The minimum atomic E-state index is -0.572. The minimum absolute atomic E-state index is 0.172. The molecule has 0 heterocycles. The molecule has 1 aliphatic carbocycles. The molecule has 3 nitrogen and oxygen atoms in total. The van der Waals surface area contributed by atoms with Gasteiger partial charge < -0.3 is 10.1 Å². The van der Waals surface area contributed by atoms with E-state index in [-0.39, 0.29) is 5.91 Å². The van der Waals surface area contributed by atoms with E-state index < -0.39 is 6.10 Å². The van der Waals surface area contributed by atoms with Crippen molar-refractivity contribution in [3.8, 4) is 5.75 Å². The Labute approximate surface area is 148 Å². The second kappa shape index (κ2) is 7.27. The van der Waals surface area contributed by atoms with Gasteiger partial charge >= 0.3 is 0 Å². The summed E-state index contributed by atoms with van der Waals surface area (Å²) in [6, 6.07) is 11.6. The van der Waals surface area contributed by atoms with Gasteiger partial charge in [0.25, 0.3) is 5.91 Å². The first-order valence-corrected chi connectivity index (χ1v) is 8.77. The van der Waals surface area contributed by atoms with Crippen LogP contribution in [-0.2, 0) is 17.6 Å². The van der Waals surface area contributed by atoms with Crippen molar-refractivity contribution in [2.45, 2.75) is 45.6 Å². The van der Waals surface area contributed by atoms with E-state index in [1.807, 2.05) is 31.2 Å². The fraction of sp³-hybridized carbons (Fsp3) is 0.350. The highest BCUT2D eigenvalue weighted by Gasteiger charge is 2.20. The van der Waals surface area contributed by atoms with Crippen molar-refractivity contribution < 1.29 is 9.53 Å². The smallest absolute Gasteiger partial charge is 0.265 e. The molecule has 2 aromatic rings. The van der Waals surface area contributed by atoms with E-state index >= 15 is 0 Å². The molecule has 0 radical (unpaired) electrons. The summed E-state index contributed by atoms with van der Waals surface area (Å²) in [4.78, 5) is 12.5. The summed E-state index contributed by atoms with van der Waals surface area (Å²) in [5.74, 6) is 0.659. The zero-order chi connectivity index (χ0) is 17.1. The molecular formula is C20H22ClNO2. The van der Waals surface area contributed by atoms with Gasteiger partial charge in [-0.05, 0) is 74.4 Å². The Bertz CT molecular complexity index is 757. The van der Waals surface area contributed by atoms with Gasteiger partial charge in [0.05, 0.1) is 0 Å². The zero-order valence-electron chi connectivity index (χ0n) is 14.1. The van der Waals surface area contributed by atoms with Crippen LogP contribution >= 0.6 is 11.6 Å². The zero-order valence-corrected chi connectivity index (χ0v) is 14.8. The SMILES string of the molecule is Cc1ccc(Cl)cc1NC(=O)[C@H](C)Oc1cccc2c1CCCC2. The van der Waals surface area contributed by atoms with Crippen molar-refractivity contribution in [2.24, 2.45) is 0 Å². The summed E-state index contributed by atoms with van der Waals surface area (Å²) in [7, 11) is 0. The maximum atomic E-state index is 12.5. The molecule has 4 heteroatoms. The third-order valence-corrected chi connectivity index (χ3v) is 4.72. The number of hydrogen-bond donors (Lipinski definition) is 1. The number of aryl methyl sites for hydroxylation is 2. The topological polar surface area (TPSA) is 38.3 Å². The molecule has 1 N–H and O–H groups in total. The number of amides is 1. The van der Waals surface area contributed by atoms with Crippen molar-refractivity contribution in [1.82, 2.24) is 0 Å². The molecule has 0 aliphatic heterocycles. The molecule has 0 saturated carbocycles. The van der Waals surface area contributed by atoms with Gasteiger partial charge in [0, 0.05) is 10.7 Å². The Morgan fingerprint density at radius 3 is 2.83 bits per heavy atom. The number of halogens is 1. The normalized spacial score (nSPS) is 14.6. The van der Waals surface area contributed by atoms with Crippen molar-refractivity contribution in [1.29, 1.82) is 0 Å². The molecule has 2 aromatic carbocycles. The highest BCUT2D eigenvalue weighted by molar-refractivity contribution is 6.31. The van der Waals surface area contributed by atoms with E-state index in [4.69, 9.17) is 16.3 Å². The molecule has 1 aliphatic rings. The van der Waals surface area contributed by atoms with Gasteiger partial charge in [-0.3, -0.25) is 4.79 Å².